The monoisotopic (exact) mass is 387 g/mol. The van der Waals surface area contributed by atoms with Gasteiger partial charge in [0.05, 0.1) is 4.58 Å². The number of amides is 1. The molecule has 136 valence electrons. The Bertz CT molecular complexity index is 754. The Morgan fingerprint density at radius 1 is 1.00 bits per heavy atom. The van der Waals surface area contributed by atoms with Crippen LogP contribution in [0.15, 0.2) is 48.5 Å². The first-order valence-corrected chi connectivity index (χ1v) is 10.7. The van der Waals surface area contributed by atoms with Crippen LogP contribution in [0.4, 0.5) is 5.69 Å². The van der Waals surface area contributed by atoms with Gasteiger partial charge in [-0.25, -0.2) is 0 Å². The fraction of sp³-hybridized carbons (Fsp3) is 0.300. The number of carbonyl (C=O) groups excluding carboxylic acids is 1. The van der Waals surface area contributed by atoms with Gasteiger partial charge in [-0.1, -0.05) is 24.3 Å². The fourth-order valence-corrected chi connectivity index (χ4v) is 5.58. The maximum atomic E-state index is 12.4. The number of carboxylic acid groups (broad SMARTS) is 1. The minimum absolute atomic E-state index is 0.107. The molecule has 1 aliphatic heterocycles. The summed E-state index contributed by atoms with van der Waals surface area (Å²) in [6.45, 7) is 0. The van der Waals surface area contributed by atoms with Crippen LogP contribution in [-0.2, 0) is 11.2 Å². The number of hydrogen-bond acceptors (Lipinski definition) is 4. The zero-order chi connectivity index (χ0) is 18.4. The van der Waals surface area contributed by atoms with Crippen molar-refractivity contribution in [2.75, 3.05) is 16.8 Å². The van der Waals surface area contributed by atoms with Gasteiger partial charge in [-0.2, -0.15) is 0 Å². The molecule has 0 bridgehead atoms. The van der Waals surface area contributed by atoms with E-state index in [-0.39, 0.29) is 12.3 Å². The van der Waals surface area contributed by atoms with Gasteiger partial charge in [0.15, 0.2) is 0 Å². The van der Waals surface area contributed by atoms with Gasteiger partial charge in [-0.15, -0.1) is 23.5 Å². The molecule has 1 fully saturated rings. The Morgan fingerprint density at radius 2 is 1.65 bits per heavy atom. The molecule has 1 aliphatic rings. The maximum absolute atomic E-state index is 12.4. The summed E-state index contributed by atoms with van der Waals surface area (Å²) in [7, 11) is 0. The van der Waals surface area contributed by atoms with E-state index >= 15 is 0 Å². The van der Waals surface area contributed by atoms with Crippen LogP contribution in [0.5, 0.6) is 0 Å². The lowest BCUT2D eigenvalue weighted by molar-refractivity contribution is -0.136. The van der Waals surface area contributed by atoms with Crippen LogP contribution in [0, 0.1) is 0 Å². The number of rotatable bonds is 6. The van der Waals surface area contributed by atoms with Gasteiger partial charge < -0.3 is 10.4 Å². The van der Waals surface area contributed by atoms with E-state index in [1.807, 2.05) is 59.9 Å². The summed E-state index contributed by atoms with van der Waals surface area (Å²) in [5.41, 5.74) is 3.54. The van der Waals surface area contributed by atoms with Crippen LogP contribution in [-0.4, -0.2) is 28.5 Å². The van der Waals surface area contributed by atoms with Crippen molar-refractivity contribution in [3.8, 4) is 0 Å². The van der Waals surface area contributed by atoms with Crippen molar-refractivity contribution in [3.63, 3.8) is 0 Å². The molecule has 1 heterocycles. The number of thioether (sulfide) groups is 2. The van der Waals surface area contributed by atoms with Gasteiger partial charge in [0.2, 0.25) is 0 Å². The first-order chi connectivity index (χ1) is 12.6. The van der Waals surface area contributed by atoms with E-state index in [4.69, 9.17) is 5.11 Å². The predicted octanol–water partition coefficient (Wildman–Crippen LogP) is 4.82. The Balaban J connectivity index is 1.58. The summed E-state index contributed by atoms with van der Waals surface area (Å²) >= 11 is 3.93. The number of aliphatic carboxylic acids is 1. The Kier molecular flexibility index (Phi) is 6.63. The van der Waals surface area contributed by atoms with Gasteiger partial charge in [0, 0.05) is 17.7 Å². The molecule has 1 saturated heterocycles. The van der Waals surface area contributed by atoms with E-state index in [1.165, 1.54) is 23.5 Å². The molecule has 0 spiro atoms. The second kappa shape index (κ2) is 9.14. The molecule has 1 amide bonds. The SMILES string of the molecule is O=C(O)CCc1ccc(NC(=O)c2ccc(C3SCCCS3)cc2)cc1. The zero-order valence-electron chi connectivity index (χ0n) is 14.3. The number of anilines is 1. The fourth-order valence-electron chi connectivity index (χ4n) is 2.68. The molecule has 4 nitrogen and oxygen atoms in total. The van der Waals surface area contributed by atoms with Gasteiger partial charge >= 0.3 is 5.97 Å². The Hall–Kier alpha value is -1.92. The van der Waals surface area contributed by atoms with E-state index in [2.05, 4.69) is 5.32 Å². The van der Waals surface area contributed by atoms with Crippen molar-refractivity contribution in [1.29, 1.82) is 0 Å². The molecule has 0 radical (unpaired) electrons. The van der Waals surface area contributed by atoms with Gasteiger partial charge in [0.1, 0.15) is 0 Å². The highest BCUT2D eigenvalue weighted by atomic mass is 32.2. The summed E-state index contributed by atoms with van der Waals surface area (Å²) in [5, 5.41) is 11.6. The molecule has 26 heavy (non-hydrogen) atoms. The third kappa shape index (κ3) is 5.29. The molecule has 2 N–H and O–H groups in total. The Labute approximate surface area is 161 Å². The highest BCUT2D eigenvalue weighted by Gasteiger charge is 2.17. The topological polar surface area (TPSA) is 66.4 Å². The summed E-state index contributed by atoms with van der Waals surface area (Å²) < 4.78 is 0.471. The van der Waals surface area contributed by atoms with E-state index in [0.717, 1.165) is 5.56 Å². The van der Waals surface area contributed by atoms with Crippen LogP contribution in [0.1, 0.15) is 38.9 Å². The molecular formula is C20H21NO3S2. The Morgan fingerprint density at radius 3 is 2.27 bits per heavy atom. The van der Waals surface area contributed by atoms with Gasteiger partial charge in [-0.3, -0.25) is 9.59 Å². The largest absolute Gasteiger partial charge is 0.481 e. The second-order valence-corrected chi connectivity index (χ2v) is 8.82. The summed E-state index contributed by atoms with van der Waals surface area (Å²) in [6, 6.07) is 15.1. The van der Waals surface area contributed by atoms with E-state index in [1.54, 1.807) is 12.1 Å². The van der Waals surface area contributed by atoms with Crippen molar-refractivity contribution in [3.05, 3.63) is 65.2 Å². The lowest BCUT2D eigenvalue weighted by atomic mass is 10.1. The normalized spacial score (nSPS) is 14.8. The lowest BCUT2D eigenvalue weighted by Gasteiger charge is -2.21. The zero-order valence-corrected chi connectivity index (χ0v) is 15.9. The average Bonchev–Trinajstić information content (AvgIpc) is 2.68. The van der Waals surface area contributed by atoms with E-state index < -0.39 is 5.97 Å². The molecule has 0 unspecified atom stereocenters. The summed E-state index contributed by atoms with van der Waals surface area (Å²) in [5.74, 6) is 1.44. The third-order valence-corrected chi connectivity index (χ3v) is 7.13. The number of nitrogens with one attached hydrogen (secondary N) is 1. The van der Waals surface area contributed by atoms with Crippen LogP contribution in [0.25, 0.3) is 0 Å². The third-order valence-electron chi connectivity index (χ3n) is 4.11. The molecule has 3 rings (SSSR count). The lowest BCUT2D eigenvalue weighted by Crippen LogP contribution is -2.12. The highest BCUT2D eigenvalue weighted by Crippen LogP contribution is 2.43. The summed E-state index contributed by atoms with van der Waals surface area (Å²) in [6.07, 6.45) is 1.86. The molecule has 2 aromatic rings. The molecule has 0 aliphatic carbocycles. The van der Waals surface area contributed by atoms with Crippen LogP contribution >= 0.6 is 23.5 Å². The van der Waals surface area contributed by atoms with Crippen molar-refractivity contribution in [2.45, 2.75) is 23.8 Å². The van der Waals surface area contributed by atoms with Crippen LogP contribution in [0.2, 0.25) is 0 Å². The van der Waals surface area contributed by atoms with Gasteiger partial charge in [-0.05, 0) is 59.7 Å². The van der Waals surface area contributed by atoms with E-state index in [9.17, 15) is 9.59 Å². The minimum Gasteiger partial charge on any atom is -0.481 e. The number of carbonyl (C=O) groups is 2. The minimum atomic E-state index is -0.809. The molecule has 6 heteroatoms. The number of hydrogen-bond donors (Lipinski definition) is 2. The molecular weight excluding hydrogens is 366 g/mol. The molecule has 0 atom stereocenters. The van der Waals surface area contributed by atoms with Crippen molar-refractivity contribution < 1.29 is 14.7 Å². The molecule has 0 aromatic heterocycles. The maximum Gasteiger partial charge on any atom is 0.303 e. The number of aryl methyl sites for hydroxylation is 1. The standard InChI is InChI=1S/C20H21NO3S2/c22-18(23)11-4-14-2-9-17(10-3-14)21-19(24)15-5-7-16(8-6-15)20-25-12-1-13-26-20/h2-3,5-10,20H,1,4,11-13H2,(H,21,24)(H,22,23). The smallest absolute Gasteiger partial charge is 0.303 e. The van der Waals surface area contributed by atoms with Gasteiger partial charge in [0.25, 0.3) is 5.91 Å². The average molecular weight is 388 g/mol. The first-order valence-electron chi connectivity index (χ1n) is 8.57. The second-order valence-electron chi connectivity index (χ2n) is 6.09. The summed E-state index contributed by atoms with van der Waals surface area (Å²) in [4.78, 5) is 23.0. The molecule has 2 aromatic carbocycles. The van der Waals surface area contributed by atoms with Crippen molar-refractivity contribution in [1.82, 2.24) is 0 Å². The van der Waals surface area contributed by atoms with Crippen LogP contribution < -0.4 is 5.32 Å². The predicted molar refractivity (Wildman–Crippen MR) is 109 cm³/mol. The van der Waals surface area contributed by atoms with Crippen molar-refractivity contribution >= 4 is 41.1 Å². The number of carboxylic acids is 1. The number of benzene rings is 2. The highest BCUT2D eigenvalue weighted by molar-refractivity contribution is 8.16. The van der Waals surface area contributed by atoms with Crippen LogP contribution in [0.3, 0.4) is 0 Å². The first kappa shape index (κ1) is 18.9. The quantitative estimate of drug-likeness (QED) is 0.743. The molecule has 0 saturated carbocycles. The van der Waals surface area contributed by atoms with Crippen molar-refractivity contribution in [2.24, 2.45) is 0 Å². The van der Waals surface area contributed by atoms with E-state index in [0.29, 0.717) is 22.3 Å².